The minimum absolute atomic E-state index is 0.0434. The van der Waals surface area contributed by atoms with Crippen LogP contribution in [0.15, 0.2) is 36.0 Å². The maximum Gasteiger partial charge on any atom is 0.316 e. The number of likely N-dealkylation sites (tertiary alicyclic amines) is 1. The van der Waals surface area contributed by atoms with Crippen molar-refractivity contribution in [1.29, 1.82) is 0 Å². The fourth-order valence-corrected chi connectivity index (χ4v) is 7.26. The molecule has 2 aliphatic heterocycles. The van der Waals surface area contributed by atoms with Gasteiger partial charge in [-0.3, -0.25) is 24.0 Å². The van der Waals surface area contributed by atoms with Gasteiger partial charge in [0.2, 0.25) is 17.7 Å². The largest absolute Gasteiger partial charge is 0.363 e. The summed E-state index contributed by atoms with van der Waals surface area (Å²) in [6, 6.07) is 4.35. The molecule has 0 aromatic heterocycles. The first kappa shape index (κ1) is 35.1. The average molecular weight is 663 g/mol. The number of Topliss-reactive ketones (excluding diaryl/α,β-unsaturated/α-hetero) is 1. The molecular weight excluding hydrogens is 612 g/mol. The zero-order valence-electron chi connectivity index (χ0n) is 29.3. The molecule has 1 unspecified atom stereocenters. The van der Waals surface area contributed by atoms with Crippen LogP contribution in [0.3, 0.4) is 0 Å². The Balaban J connectivity index is 1.33. The maximum atomic E-state index is 14.4. The maximum absolute atomic E-state index is 14.4. The fourth-order valence-electron chi connectivity index (χ4n) is 7.26. The van der Waals surface area contributed by atoms with E-state index in [1.165, 1.54) is 4.90 Å². The quantitative estimate of drug-likeness (QED) is 0.234. The molecule has 5 atom stereocenters. The van der Waals surface area contributed by atoms with Crippen LogP contribution in [0.25, 0.3) is 0 Å². The highest BCUT2D eigenvalue weighted by atomic mass is 16.2. The molecule has 4 aliphatic rings. The van der Waals surface area contributed by atoms with Crippen LogP contribution in [0, 0.1) is 34.0 Å². The van der Waals surface area contributed by atoms with Gasteiger partial charge in [-0.15, -0.1) is 0 Å². The van der Waals surface area contributed by atoms with Crippen molar-refractivity contribution in [1.82, 2.24) is 25.8 Å². The summed E-state index contributed by atoms with van der Waals surface area (Å²) in [6.07, 6.45) is 3.25. The molecule has 5 N–H and O–H groups in total. The minimum atomic E-state index is -1.17. The second-order valence-electron chi connectivity index (χ2n) is 16.7. The van der Waals surface area contributed by atoms with Gasteiger partial charge in [0.25, 0.3) is 11.7 Å². The van der Waals surface area contributed by atoms with Crippen molar-refractivity contribution in [2.24, 2.45) is 39.7 Å². The molecule has 260 valence electrons. The highest BCUT2D eigenvalue weighted by molar-refractivity contribution is 6.42. The fraction of sp³-hybridized carbons (Fsp3) is 0.611. The lowest BCUT2D eigenvalue weighted by atomic mass is 9.84. The van der Waals surface area contributed by atoms with Crippen molar-refractivity contribution >= 4 is 35.4 Å². The Hall–Kier alpha value is -4.22. The van der Waals surface area contributed by atoms with E-state index in [4.69, 9.17) is 5.73 Å². The second-order valence-corrected chi connectivity index (χ2v) is 16.7. The number of nitrogens with one attached hydrogen (secondary N) is 3. The van der Waals surface area contributed by atoms with Gasteiger partial charge in [0.05, 0.1) is 5.70 Å². The average Bonchev–Trinajstić information content (AvgIpc) is 3.74. The van der Waals surface area contributed by atoms with E-state index in [0.717, 1.165) is 24.0 Å². The number of nitrogens with zero attached hydrogens (tertiary/aromatic N) is 2. The molecule has 12 nitrogen and oxygen atoms in total. The van der Waals surface area contributed by atoms with E-state index in [0.29, 0.717) is 19.6 Å². The molecule has 3 fully saturated rings. The third-order valence-corrected chi connectivity index (χ3v) is 10.4. The first-order valence-corrected chi connectivity index (χ1v) is 16.8. The first-order valence-electron chi connectivity index (χ1n) is 16.8. The topological polar surface area (TPSA) is 171 Å². The zero-order chi connectivity index (χ0) is 35.5. The van der Waals surface area contributed by atoms with Crippen LogP contribution < -0.4 is 21.7 Å². The summed E-state index contributed by atoms with van der Waals surface area (Å²) >= 11 is 0. The van der Waals surface area contributed by atoms with Crippen molar-refractivity contribution < 1.29 is 28.8 Å². The Morgan fingerprint density at radius 1 is 0.875 bits per heavy atom. The normalized spacial score (nSPS) is 24.2. The van der Waals surface area contributed by atoms with Gasteiger partial charge in [0, 0.05) is 19.6 Å². The standard InChI is InChI=1S/C36H50N6O6/c1-34(2,3)27(31(46)41-16-20-11-9-10-12-21(20)17-41)39-33(48)40-28(35(4,5)6)32(47)42-18-22-24(36(22,7)8)25(42)30(45)38-23(15-19-13-14-19)26(43)29(37)44/h9-12,15,19,22,24-25,27-28H,13-14,16-18H2,1-8H3,(H2,37,44)(H,38,45)(H2,39,40,48)/b23-15+/t22-,24?,25-,27+,28+/m0/s1. The van der Waals surface area contributed by atoms with Crippen molar-refractivity contribution in [2.45, 2.75) is 99.4 Å². The molecular formula is C36H50N6O6. The molecule has 6 amide bonds. The third-order valence-electron chi connectivity index (χ3n) is 10.4. The summed E-state index contributed by atoms with van der Waals surface area (Å²) in [6.45, 7) is 16.4. The minimum Gasteiger partial charge on any atom is -0.363 e. The van der Waals surface area contributed by atoms with Gasteiger partial charge in [-0.1, -0.05) is 85.7 Å². The van der Waals surface area contributed by atoms with Crippen LogP contribution in [-0.2, 0) is 37.1 Å². The van der Waals surface area contributed by atoms with Crippen LogP contribution in [0.1, 0.15) is 79.4 Å². The predicted octanol–water partition coefficient (Wildman–Crippen LogP) is 2.60. The van der Waals surface area contributed by atoms with E-state index >= 15 is 0 Å². The van der Waals surface area contributed by atoms with Crippen molar-refractivity contribution in [3.05, 3.63) is 47.2 Å². The number of nitrogens with two attached hydrogens (primary N) is 1. The monoisotopic (exact) mass is 662 g/mol. The number of carbonyl (C=O) groups is 6. The Morgan fingerprint density at radius 2 is 1.40 bits per heavy atom. The number of allylic oxidation sites excluding steroid dienone is 1. The molecule has 2 aliphatic carbocycles. The number of carbonyl (C=O) groups excluding carboxylic acids is 6. The molecule has 1 saturated heterocycles. The Labute approximate surface area is 282 Å². The van der Waals surface area contributed by atoms with Crippen LogP contribution in [-0.4, -0.2) is 69.9 Å². The van der Waals surface area contributed by atoms with Crippen molar-refractivity contribution in [3.8, 4) is 0 Å². The van der Waals surface area contributed by atoms with Crippen LogP contribution in [0.2, 0.25) is 0 Å². The molecule has 48 heavy (non-hydrogen) atoms. The number of hydrogen-bond donors (Lipinski definition) is 4. The highest BCUT2D eigenvalue weighted by Gasteiger charge is 2.70. The van der Waals surface area contributed by atoms with Gasteiger partial charge in [0.1, 0.15) is 18.1 Å². The summed E-state index contributed by atoms with van der Waals surface area (Å²) in [5.41, 5.74) is 5.63. The first-order chi connectivity index (χ1) is 22.2. The molecule has 2 saturated carbocycles. The van der Waals surface area contributed by atoms with E-state index in [-0.39, 0.29) is 34.8 Å². The van der Waals surface area contributed by atoms with E-state index < -0.39 is 58.5 Å². The van der Waals surface area contributed by atoms with E-state index in [2.05, 4.69) is 16.0 Å². The summed E-state index contributed by atoms with van der Waals surface area (Å²) in [7, 11) is 0. The van der Waals surface area contributed by atoms with E-state index in [1.54, 1.807) is 11.0 Å². The summed E-state index contributed by atoms with van der Waals surface area (Å²) in [5.74, 6) is -3.43. The molecule has 1 aromatic rings. The number of hydrogen-bond acceptors (Lipinski definition) is 6. The smallest absolute Gasteiger partial charge is 0.316 e. The molecule has 1 aromatic carbocycles. The molecule has 0 radical (unpaired) electrons. The number of rotatable bonds is 9. The Morgan fingerprint density at radius 3 is 1.88 bits per heavy atom. The molecule has 0 bridgehead atoms. The van der Waals surface area contributed by atoms with E-state index in [9.17, 15) is 28.8 Å². The molecule has 2 heterocycles. The number of amides is 6. The molecule has 0 spiro atoms. The van der Waals surface area contributed by atoms with Gasteiger partial charge in [0.15, 0.2) is 0 Å². The van der Waals surface area contributed by atoms with Gasteiger partial charge < -0.3 is 31.5 Å². The number of fused-ring (bicyclic) bond motifs is 2. The van der Waals surface area contributed by atoms with Gasteiger partial charge >= 0.3 is 6.03 Å². The third kappa shape index (κ3) is 6.98. The summed E-state index contributed by atoms with van der Waals surface area (Å²) in [5, 5.41) is 8.35. The summed E-state index contributed by atoms with van der Waals surface area (Å²) < 4.78 is 0. The van der Waals surface area contributed by atoms with Crippen molar-refractivity contribution in [3.63, 3.8) is 0 Å². The highest BCUT2D eigenvalue weighted by Crippen LogP contribution is 2.65. The van der Waals surface area contributed by atoms with Crippen LogP contribution in [0.5, 0.6) is 0 Å². The summed E-state index contributed by atoms with van der Waals surface area (Å²) in [4.78, 5) is 83.2. The van der Waals surface area contributed by atoms with Gasteiger partial charge in [-0.25, -0.2) is 4.79 Å². The second kappa shape index (κ2) is 12.3. The number of primary amides is 1. The molecule has 12 heteroatoms. The number of benzene rings is 1. The zero-order valence-corrected chi connectivity index (χ0v) is 29.3. The van der Waals surface area contributed by atoms with Gasteiger partial charge in [-0.2, -0.15) is 0 Å². The van der Waals surface area contributed by atoms with Crippen molar-refractivity contribution in [2.75, 3.05) is 6.54 Å². The lowest BCUT2D eigenvalue weighted by Crippen LogP contribution is -2.62. The molecule has 5 rings (SSSR count). The number of piperidine rings is 1. The van der Waals surface area contributed by atoms with E-state index in [1.807, 2.05) is 79.7 Å². The predicted molar refractivity (Wildman–Crippen MR) is 178 cm³/mol. The number of ketones is 1. The Kier molecular flexibility index (Phi) is 9.03. The Bertz CT molecular complexity index is 1540. The lowest BCUT2D eigenvalue weighted by Gasteiger charge is -2.38. The van der Waals surface area contributed by atoms with Crippen LogP contribution >= 0.6 is 0 Å². The van der Waals surface area contributed by atoms with Gasteiger partial charge in [-0.05, 0) is 58.0 Å². The van der Waals surface area contributed by atoms with Crippen LogP contribution in [0.4, 0.5) is 4.79 Å². The number of urea groups is 1. The SMILES string of the molecule is CC(C)(C)[C@H](NC(=O)N[C@H](C(=O)N1C[C@H]2C([C@H]1C(=O)N/C(=C/C1CC1)C(=O)C(N)=O)C2(C)C)C(C)(C)C)C(=O)N1Cc2ccccc2C1. The lowest BCUT2D eigenvalue weighted by molar-refractivity contribution is -0.143.